The lowest BCUT2D eigenvalue weighted by Gasteiger charge is -2.51. The number of ether oxygens (including phenoxy) is 2. The van der Waals surface area contributed by atoms with Crippen molar-refractivity contribution in [3.63, 3.8) is 0 Å². The number of rotatable bonds is 2. The Balaban J connectivity index is 1.53. The van der Waals surface area contributed by atoms with Gasteiger partial charge in [-0.05, 0) is 56.8 Å². The van der Waals surface area contributed by atoms with Crippen LogP contribution in [-0.2, 0) is 11.3 Å². The van der Waals surface area contributed by atoms with E-state index in [0.29, 0.717) is 19.1 Å². The van der Waals surface area contributed by atoms with E-state index in [1.165, 1.54) is 5.56 Å². The maximum atomic E-state index is 13.0. The fourth-order valence-electron chi connectivity index (χ4n) is 4.83. The number of hydrogen-bond acceptors (Lipinski definition) is 4. The van der Waals surface area contributed by atoms with E-state index in [9.17, 15) is 4.79 Å². The first-order valence-corrected chi connectivity index (χ1v) is 9.48. The van der Waals surface area contributed by atoms with Crippen molar-refractivity contribution < 1.29 is 14.3 Å². The smallest absolute Gasteiger partial charge is 0.230 e. The molecule has 5 heteroatoms. The molecule has 5 nitrogen and oxygen atoms in total. The molecule has 25 heavy (non-hydrogen) atoms. The zero-order chi connectivity index (χ0) is 17.4. The van der Waals surface area contributed by atoms with Crippen molar-refractivity contribution in [2.75, 3.05) is 33.4 Å². The summed E-state index contributed by atoms with van der Waals surface area (Å²) < 4.78 is 11.3. The molecule has 0 radical (unpaired) electrons. The average Bonchev–Trinajstić information content (AvgIpc) is 2.63. The van der Waals surface area contributed by atoms with Gasteiger partial charge < -0.3 is 14.4 Å². The predicted octanol–water partition coefficient (Wildman–Crippen LogP) is 2.68. The summed E-state index contributed by atoms with van der Waals surface area (Å²) in [6.07, 6.45) is 4.25. The molecule has 0 bridgehead atoms. The Bertz CT molecular complexity index is 658. The average molecular weight is 344 g/mol. The van der Waals surface area contributed by atoms with E-state index in [4.69, 9.17) is 9.47 Å². The minimum atomic E-state index is -0.195. The van der Waals surface area contributed by atoms with Gasteiger partial charge in [-0.3, -0.25) is 9.69 Å². The molecule has 2 saturated heterocycles. The van der Waals surface area contributed by atoms with Crippen LogP contribution >= 0.6 is 0 Å². The number of nitrogens with zero attached hydrogens (tertiary/aromatic N) is 2. The highest BCUT2D eigenvalue weighted by molar-refractivity contribution is 5.84. The van der Waals surface area contributed by atoms with Gasteiger partial charge in [-0.25, -0.2) is 0 Å². The summed E-state index contributed by atoms with van der Waals surface area (Å²) in [5, 5.41) is 0. The Morgan fingerprint density at radius 1 is 1.12 bits per heavy atom. The molecule has 1 aromatic carbocycles. The molecule has 136 valence electrons. The summed E-state index contributed by atoms with van der Waals surface area (Å²) >= 11 is 0. The Hall–Kier alpha value is -1.75. The van der Waals surface area contributed by atoms with Crippen LogP contribution in [0.5, 0.6) is 11.5 Å². The summed E-state index contributed by atoms with van der Waals surface area (Å²) in [5.74, 6) is 2.02. The number of carbonyl (C=O) groups excluding carboxylic acids is 1. The van der Waals surface area contributed by atoms with Crippen LogP contribution < -0.4 is 9.47 Å². The van der Waals surface area contributed by atoms with Crippen LogP contribution in [0.1, 0.15) is 38.2 Å². The quantitative estimate of drug-likeness (QED) is 0.827. The number of amides is 1. The summed E-state index contributed by atoms with van der Waals surface area (Å²) in [6, 6.07) is 6.49. The molecule has 0 aromatic heterocycles. The largest absolute Gasteiger partial charge is 0.486 e. The van der Waals surface area contributed by atoms with Crippen molar-refractivity contribution in [2.24, 2.45) is 5.41 Å². The van der Waals surface area contributed by atoms with E-state index >= 15 is 0 Å². The van der Waals surface area contributed by atoms with Gasteiger partial charge in [0.25, 0.3) is 0 Å². The minimum absolute atomic E-state index is 0.195. The van der Waals surface area contributed by atoms with Crippen molar-refractivity contribution >= 4 is 5.91 Å². The third-order valence-electron chi connectivity index (χ3n) is 6.30. The van der Waals surface area contributed by atoms with Crippen molar-refractivity contribution in [1.82, 2.24) is 9.80 Å². The van der Waals surface area contributed by atoms with Crippen LogP contribution in [0, 0.1) is 5.41 Å². The highest BCUT2D eigenvalue weighted by Gasteiger charge is 2.50. The molecule has 4 rings (SSSR count). The van der Waals surface area contributed by atoms with Crippen LogP contribution in [-0.4, -0.2) is 55.1 Å². The first-order chi connectivity index (χ1) is 12.1. The minimum Gasteiger partial charge on any atom is -0.486 e. The second kappa shape index (κ2) is 6.52. The van der Waals surface area contributed by atoms with E-state index < -0.39 is 0 Å². The first-order valence-electron chi connectivity index (χ1n) is 9.48. The molecule has 1 aromatic rings. The monoisotopic (exact) mass is 344 g/mol. The second-order valence-electron chi connectivity index (χ2n) is 7.71. The van der Waals surface area contributed by atoms with Gasteiger partial charge >= 0.3 is 0 Å². The topological polar surface area (TPSA) is 42.0 Å². The van der Waals surface area contributed by atoms with Gasteiger partial charge in [-0.1, -0.05) is 6.07 Å². The number of piperidine rings is 2. The molecule has 0 unspecified atom stereocenters. The Labute approximate surface area is 149 Å². The van der Waals surface area contributed by atoms with E-state index in [2.05, 4.69) is 24.0 Å². The van der Waals surface area contributed by atoms with Gasteiger partial charge in [0.05, 0.1) is 5.41 Å². The fourth-order valence-corrected chi connectivity index (χ4v) is 4.83. The Kier molecular flexibility index (Phi) is 4.36. The van der Waals surface area contributed by atoms with Gasteiger partial charge in [0.1, 0.15) is 13.2 Å². The van der Waals surface area contributed by atoms with Crippen LogP contribution in [0.4, 0.5) is 0 Å². The molecule has 3 heterocycles. The predicted molar refractivity (Wildman–Crippen MR) is 95.8 cm³/mol. The molecular formula is C20H28N2O3. The first kappa shape index (κ1) is 16.7. The van der Waals surface area contributed by atoms with Crippen LogP contribution in [0.25, 0.3) is 0 Å². The lowest BCUT2D eigenvalue weighted by molar-refractivity contribution is -0.154. The normalized spacial score (nSPS) is 29.9. The summed E-state index contributed by atoms with van der Waals surface area (Å²) in [5.41, 5.74) is 1.03. The van der Waals surface area contributed by atoms with Crippen LogP contribution in [0.3, 0.4) is 0 Å². The maximum absolute atomic E-state index is 13.0. The van der Waals surface area contributed by atoms with Gasteiger partial charge in [-0.15, -0.1) is 0 Å². The Morgan fingerprint density at radius 3 is 2.64 bits per heavy atom. The van der Waals surface area contributed by atoms with Crippen molar-refractivity contribution in [3.05, 3.63) is 23.8 Å². The molecule has 2 fully saturated rings. The second-order valence-corrected chi connectivity index (χ2v) is 7.71. The summed E-state index contributed by atoms with van der Waals surface area (Å²) in [4.78, 5) is 17.4. The highest BCUT2D eigenvalue weighted by Crippen LogP contribution is 2.44. The number of benzene rings is 1. The summed E-state index contributed by atoms with van der Waals surface area (Å²) in [6.45, 7) is 6.28. The third kappa shape index (κ3) is 2.88. The fraction of sp³-hybridized carbons (Fsp3) is 0.650. The third-order valence-corrected chi connectivity index (χ3v) is 6.30. The molecule has 3 aliphatic rings. The van der Waals surface area contributed by atoms with Crippen molar-refractivity contribution in [3.8, 4) is 11.5 Å². The standard InChI is InChI=1S/C20H28N2O3/c1-15-20(7-3-9-21(2)19(20)23)8-4-10-22(15)14-16-5-6-17-18(13-16)25-12-11-24-17/h5-6,13,15H,3-4,7-12,14H2,1-2H3/t15-,20+/m1/s1. The zero-order valence-corrected chi connectivity index (χ0v) is 15.3. The number of likely N-dealkylation sites (tertiary alicyclic amines) is 2. The SMILES string of the molecule is C[C@H]1N(Cc2ccc3c(c2)OCCO3)CCC[C@@]12CCCN(C)C2=O. The molecular weight excluding hydrogens is 316 g/mol. The van der Waals surface area contributed by atoms with Crippen LogP contribution in [0.2, 0.25) is 0 Å². The lowest BCUT2D eigenvalue weighted by Crippen LogP contribution is -2.59. The molecule has 0 N–H and O–H groups in total. The molecule has 1 amide bonds. The van der Waals surface area contributed by atoms with Crippen molar-refractivity contribution in [2.45, 2.75) is 45.2 Å². The number of carbonyl (C=O) groups is 1. The molecule has 1 spiro atoms. The van der Waals surface area contributed by atoms with Gasteiger partial charge in [0.15, 0.2) is 11.5 Å². The molecule has 3 aliphatic heterocycles. The molecule has 0 aliphatic carbocycles. The highest BCUT2D eigenvalue weighted by atomic mass is 16.6. The van der Waals surface area contributed by atoms with Crippen LogP contribution in [0.15, 0.2) is 18.2 Å². The molecule has 2 atom stereocenters. The van der Waals surface area contributed by atoms with Gasteiger partial charge in [-0.2, -0.15) is 0 Å². The number of fused-ring (bicyclic) bond motifs is 1. The Morgan fingerprint density at radius 2 is 1.84 bits per heavy atom. The maximum Gasteiger partial charge on any atom is 0.230 e. The van der Waals surface area contributed by atoms with E-state index in [1.807, 2.05) is 18.0 Å². The van der Waals surface area contributed by atoms with Gasteiger partial charge in [0.2, 0.25) is 5.91 Å². The lowest BCUT2D eigenvalue weighted by atomic mass is 9.68. The van der Waals surface area contributed by atoms with E-state index in [0.717, 1.165) is 56.8 Å². The molecule has 0 saturated carbocycles. The van der Waals surface area contributed by atoms with Crippen molar-refractivity contribution in [1.29, 1.82) is 0 Å². The zero-order valence-electron chi connectivity index (χ0n) is 15.3. The van der Waals surface area contributed by atoms with E-state index in [-0.39, 0.29) is 11.5 Å². The van der Waals surface area contributed by atoms with E-state index in [1.54, 1.807) is 0 Å². The number of hydrogen-bond donors (Lipinski definition) is 0. The summed E-state index contributed by atoms with van der Waals surface area (Å²) in [7, 11) is 1.95. The van der Waals surface area contributed by atoms with Gasteiger partial charge in [0, 0.05) is 26.2 Å².